The average molecular weight is 436 g/mol. The third-order valence-electron chi connectivity index (χ3n) is 4.68. The van der Waals surface area contributed by atoms with E-state index in [0.717, 1.165) is 11.1 Å². The Hall–Kier alpha value is -4.10. The molecule has 156 valence electrons. The highest BCUT2D eigenvalue weighted by molar-refractivity contribution is 6.34. The fraction of sp³-hybridized carbons (Fsp3) is 0.150. The number of nitriles is 1. The number of fused-ring (bicyclic) bond motifs is 1. The van der Waals surface area contributed by atoms with Crippen LogP contribution >= 0.6 is 11.6 Å². The molecule has 1 aromatic carbocycles. The highest BCUT2D eigenvalue weighted by Crippen LogP contribution is 2.34. The maximum atomic E-state index is 9.46. The number of halogens is 1. The van der Waals surface area contributed by atoms with Crippen LogP contribution in [0.3, 0.4) is 0 Å². The quantitative estimate of drug-likeness (QED) is 0.429. The highest BCUT2D eigenvalue weighted by atomic mass is 35.5. The van der Waals surface area contributed by atoms with Gasteiger partial charge in [0.1, 0.15) is 22.5 Å². The van der Waals surface area contributed by atoms with Crippen LogP contribution in [0.1, 0.15) is 24.1 Å². The van der Waals surface area contributed by atoms with Crippen molar-refractivity contribution in [2.24, 2.45) is 0 Å². The second-order valence-electron chi connectivity index (χ2n) is 6.67. The molecule has 1 atom stereocenters. The fourth-order valence-electron chi connectivity index (χ4n) is 3.21. The van der Waals surface area contributed by atoms with E-state index in [0.29, 0.717) is 16.4 Å². The van der Waals surface area contributed by atoms with Crippen LogP contribution in [0.2, 0.25) is 5.02 Å². The monoisotopic (exact) mass is 435 g/mol. The number of rotatable bonds is 5. The van der Waals surface area contributed by atoms with Crippen molar-refractivity contribution in [3.8, 4) is 23.2 Å². The smallest absolute Gasteiger partial charge is 0.254 e. The summed E-state index contributed by atoms with van der Waals surface area (Å²) in [6, 6.07) is 11.3. The molecule has 31 heavy (non-hydrogen) atoms. The lowest BCUT2D eigenvalue weighted by atomic mass is 10.0. The second-order valence-corrected chi connectivity index (χ2v) is 7.05. The van der Waals surface area contributed by atoms with E-state index in [2.05, 4.69) is 20.4 Å². The first-order valence-electron chi connectivity index (χ1n) is 9.20. The summed E-state index contributed by atoms with van der Waals surface area (Å²) >= 11 is 6.39. The SMILES string of the molecule is COc1nn2cc([C@H](C)Nc3nc(N)nc(N)c3C#N)c(-c3ccccc3)nc2c1Cl. The van der Waals surface area contributed by atoms with Crippen LogP contribution in [0.25, 0.3) is 16.9 Å². The molecule has 5 N–H and O–H groups in total. The Morgan fingerprint density at radius 1 is 1.19 bits per heavy atom. The standard InChI is InChI=1S/C20H18ClN9O/c1-10(25-17-12(8-22)16(23)27-20(24)28-17)13-9-30-18(14(21)19(29-30)31-2)26-15(13)11-6-4-3-5-7-11/h3-7,9-10H,1-2H3,(H5,23,24,25,27,28)/t10-/m0/s1. The lowest BCUT2D eigenvalue weighted by molar-refractivity contribution is 0.395. The van der Waals surface area contributed by atoms with Gasteiger partial charge < -0.3 is 21.5 Å². The Morgan fingerprint density at radius 2 is 1.94 bits per heavy atom. The van der Waals surface area contributed by atoms with Gasteiger partial charge in [-0.1, -0.05) is 41.9 Å². The van der Waals surface area contributed by atoms with Crippen LogP contribution in [-0.4, -0.2) is 31.7 Å². The normalized spacial score (nSPS) is 11.8. The average Bonchev–Trinajstić information content (AvgIpc) is 3.08. The van der Waals surface area contributed by atoms with Crippen LogP contribution in [0, 0.1) is 11.3 Å². The van der Waals surface area contributed by atoms with Crippen molar-refractivity contribution >= 4 is 34.8 Å². The van der Waals surface area contributed by atoms with Crippen molar-refractivity contribution in [1.29, 1.82) is 5.26 Å². The third kappa shape index (κ3) is 3.62. The predicted molar refractivity (Wildman–Crippen MR) is 118 cm³/mol. The molecule has 0 aliphatic heterocycles. The summed E-state index contributed by atoms with van der Waals surface area (Å²) in [6.45, 7) is 1.90. The predicted octanol–water partition coefficient (Wildman–Crippen LogP) is 3.06. The van der Waals surface area contributed by atoms with Crippen molar-refractivity contribution in [2.45, 2.75) is 13.0 Å². The number of nitrogens with zero attached hydrogens (tertiary/aromatic N) is 6. The van der Waals surface area contributed by atoms with Crippen molar-refractivity contribution in [1.82, 2.24) is 24.6 Å². The minimum Gasteiger partial charge on any atom is -0.479 e. The van der Waals surface area contributed by atoms with E-state index in [1.165, 1.54) is 7.11 Å². The van der Waals surface area contributed by atoms with Gasteiger partial charge in [0, 0.05) is 17.3 Å². The van der Waals surface area contributed by atoms with Crippen LogP contribution in [0.4, 0.5) is 17.6 Å². The van der Waals surface area contributed by atoms with Gasteiger partial charge in [0.05, 0.1) is 18.8 Å². The molecule has 3 aromatic heterocycles. The van der Waals surface area contributed by atoms with Gasteiger partial charge in [0.2, 0.25) is 5.95 Å². The molecular formula is C20H18ClN9O. The molecule has 0 radical (unpaired) electrons. The Bertz CT molecular complexity index is 1310. The van der Waals surface area contributed by atoms with E-state index in [4.69, 9.17) is 32.8 Å². The van der Waals surface area contributed by atoms with Crippen molar-refractivity contribution in [3.05, 3.63) is 52.7 Å². The lowest BCUT2D eigenvalue weighted by Crippen LogP contribution is -2.15. The molecular weight excluding hydrogens is 418 g/mol. The third-order valence-corrected chi connectivity index (χ3v) is 5.01. The first-order chi connectivity index (χ1) is 14.9. The van der Waals surface area contributed by atoms with Gasteiger partial charge >= 0.3 is 0 Å². The minimum absolute atomic E-state index is 0.00477. The zero-order valence-electron chi connectivity index (χ0n) is 16.7. The number of ether oxygens (including phenoxy) is 1. The van der Waals surface area contributed by atoms with Crippen molar-refractivity contribution in [2.75, 3.05) is 23.9 Å². The van der Waals surface area contributed by atoms with Crippen LogP contribution in [-0.2, 0) is 0 Å². The van der Waals surface area contributed by atoms with Crippen LogP contribution in [0.15, 0.2) is 36.5 Å². The van der Waals surface area contributed by atoms with E-state index in [1.54, 1.807) is 10.7 Å². The van der Waals surface area contributed by atoms with E-state index in [1.807, 2.05) is 43.3 Å². The lowest BCUT2D eigenvalue weighted by Gasteiger charge is -2.19. The van der Waals surface area contributed by atoms with E-state index in [9.17, 15) is 5.26 Å². The van der Waals surface area contributed by atoms with Gasteiger partial charge in [-0.05, 0) is 6.92 Å². The molecule has 0 aliphatic carbocycles. The number of hydrogen-bond acceptors (Lipinski definition) is 9. The number of benzene rings is 1. The Labute approximate surface area is 182 Å². The molecule has 0 bridgehead atoms. The van der Waals surface area contributed by atoms with E-state index < -0.39 is 0 Å². The summed E-state index contributed by atoms with van der Waals surface area (Å²) in [7, 11) is 1.49. The summed E-state index contributed by atoms with van der Waals surface area (Å²) in [4.78, 5) is 12.7. The molecule has 0 aliphatic rings. The van der Waals surface area contributed by atoms with Gasteiger partial charge in [0.15, 0.2) is 11.5 Å². The second kappa shape index (κ2) is 7.97. The van der Waals surface area contributed by atoms with Gasteiger partial charge in [0.25, 0.3) is 5.88 Å². The molecule has 0 saturated carbocycles. The topological polar surface area (TPSA) is 153 Å². The number of aromatic nitrogens is 5. The molecule has 4 aromatic rings. The molecule has 11 heteroatoms. The zero-order valence-corrected chi connectivity index (χ0v) is 17.4. The number of nitrogens with two attached hydrogens (primary N) is 2. The maximum Gasteiger partial charge on any atom is 0.254 e. The van der Waals surface area contributed by atoms with Crippen molar-refractivity contribution < 1.29 is 4.74 Å². The van der Waals surface area contributed by atoms with Crippen molar-refractivity contribution in [3.63, 3.8) is 0 Å². The Kier molecular flexibility index (Phi) is 5.19. The van der Waals surface area contributed by atoms with Gasteiger partial charge in [-0.2, -0.15) is 15.2 Å². The molecule has 0 unspecified atom stereocenters. The largest absolute Gasteiger partial charge is 0.479 e. The summed E-state index contributed by atoms with van der Waals surface area (Å²) in [5, 5.41) is 17.3. The maximum absolute atomic E-state index is 9.46. The first-order valence-corrected chi connectivity index (χ1v) is 9.58. The van der Waals surface area contributed by atoms with Gasteiger partial charge in [-0.15, -0.1) is 5.10 Å². The van der Waals surface area contributed by atoms with Crippen LogP contribution < -0.4 is 21.5 Å². The van der Waals surface area contributed by atoms with Gasteiger partial charge in [-0.25, -0.2) is 9.50 Å². The fourth-order valence-corrected chi connectivity index (χ4v) is 3.45. The molecule has 3 heterocycles. The Balaban J connectivity index is 1.87. The number of nitrogen functional groups attached to an aromatic ring is 2. The zero-order chi connectivity index (χ0) is 22.1. The Morgan fingerprint density at radius 3 is 2.61 bits per heavy atom. The molecule has 0 fully saturated rings. The number of methoxy groups -OCH3 is 1. The molecule has 4 rings (SSSR count). The summed E-state index contributed by atoms with van der Waals surface area (Å²) < 4.78 is 6.78. The minimum atomic E-state index is -0.359. The molecule has 0 spiro atoms. The number of hydrogen-bond donors (Lipinski definition) is 3. The molecule has 0 amide bonds. The molecule has 0 saturated heterocycles. The van der Waals surface area contributed by atoms with E-state index >= 15 is 0 Å². The number of nitrogens with one attached hydrogen (secondary N) is 1. The summed E-state index contributed by atoms with van der Waals surface area (Å²) in [5.41, 5.74) is 14.5. The van der Waals surface area contributed by atoms with Gasteiger partial charge in [-0.3, -0.25) is 0 Å². The van der Waals surface area contributed by atoms with Crippen LogP contribution in [0.5, 0.6) is 5.88 Å². The first kappa shape index (κ1) is 20.2. The summed E-state index contributed by atoms with van der Waals surface area (Å²) in [6.07, 6.45) is 1.80. The number of anilines is 3. The highest BCUT2D eigenvalue weighted by Gasteiger charge is 2.22. The summed E-state index contributed by atoms with van der Waals surface area (Å²) in [5.74, 6) is 0.473. The molecule has 10 nitrogen and oxygen atoms in total. The van der Waals surface area contributed by atoms with E-state index in [-0.39, 0.29) is 35.1 Å².